The number of carbonyl (C=O) groups is 1. The van der Waals surface area contributed by atoms with Gasteiger partial charge in [0.2, 0.25) is 5.91 Å². The maximum absolute atomic E-state index is 12.1. The minimum absolute atomic E-state index is 0.0275. The number of anilines is 1. The van der Waals surface area contributed by atoms with Gasteiger partial charge in [-0.2, -0.15) is 0 Å². The first-order valence-corrected chi connectivity index (χ1v) is 9.20. The summed E-state index contributed by atoms with van der Waals surface area (Å²) in [7, 11) is 0. The summed E-state index contributed by atoms with van der Waals surface area (Å²) in [5.41, 5.74) is 3.37. The number of rotatable bonds is 5. The van der Waals surface area contributed by atoms with Gasteiger partial charge in [-0.05, 0) is 49.0 Å². The molecule has 1 aliphatic rings. The third-order valence-electron chi connectivity index (χ3n) is 4.74. The Morgan fingerprint density at radius 1 is 1.26 bits per heavy atom. The first-order chi connectivity index (χ1) is 11.1. The van der Waals surface area contributed by atoms with Crippen molar-refractivity contribution in [2.24, 2.45) is 5.92 Å². The number of amides is 1. The Hall–Kier alpha value is -1.42. The highest BCUT2D eigenvalue weighted by Gasteiger charge is 2.15. The van der Waals surface area contributed by atoms with Gasteiger partial charge in [-0.1, -0.05) is 57.2 Å². The molecule has 0 atom stereocenters. The number of hydrogen-bond acceptors (Lipinski definition) is 2. The Morgan fingerprint density at radius 2 is 2.00 bits per heavy atom. The van der Waals surface area contributed by atoms with Crippen LogP contribution in [-0.2, 0) is 11.2 Å². The summed E-state index contributed by atoms with van der Waals surface area (Å²) in [5, 5.41) is 6.43. The molecule has 1 saturated carbocycles. The van der Waals surface area contributed by atoms with Gasteiger partial charge in [-0.25, -0.2) is 0 Å². The number of benzene rings is 1. The zero-order valence-corrected chi connectivity index (χ0v) is 15.1. The van der Waals surface area contributed by atoms with Gasteiger partial charge >= 0.3 is 0 Å². The first kappa shape index (κ1) is 17.9. The summed E-state index contributed by atoms with van der Waals surface area (Å²) in [5.74, 6) is 0.749. The maximum atomic E-state index is 12.1. The van der Waals surface area contributed by atoms with E-state index in [0.717, 1.165) is 30.0 Å². The molecule has 3 nitrogen and oxygen atoms in total. The Bertz CT molecular complexity index is 550. The predicted molar refractivity (Wildman–Crippen MR) is 101 cm³/mol. The standard InChI is InChI=1S/C19H28N2OS/c1-3-16-11-7-8-14(2)18(16)21-19(23)20-17(22)13-12-15-9-5-4-6-10-15/h7-8,11,15H,3-6,9-10,12-13H2,1-2H3,(H2,20,21,22,23). The van der Waals surface area contributed by atoms with Crippen molar-refractivity contribution in [3.63, 3.8) is 0 Å². The monoisotopic (exact) mass is 332 g/mol. The molecule has 4 heteroatoms. The highest BCUT2D eigenvalue weighted by Crippen LogP contribution is 2.27. The van der Waals surface area contributed by atoms with Crippen LogP contribution in [0.15, 0.2) is 18.2 Å². The van der Waals surface area contributed by atoms with E-state index in [1.54, 1.807) is 0 Å². The van der Waals surface area contributed by atoms with E-state index < -0.39 is 0 Å². The van der Waals surface area contributed by atoms with Gasteiger partial charge in [0.1, 0.15) is 0 Å². The molecule has 1 amide bonds. The molecule has 1 fully saturated rings. The highest BCUT2D eigenvalue weighted by atomic mass is 32.1. The van der Waals surface area contributed by atoms with Crippen LogP contribution in [0.1, 0.15) is 63.0 Å². The van der Waals surface area contributed by atoms with Gasteiger partial charge in [0, 0.05) is 12.1 Å². The molecule has 0 aliphatic heterocycles. The topological polar surface area (TPSA) is 41.1 Å². The molecule has 0 heterocycles. The third-order valence-corrected chi connectivity index (χ3v) is 4.94. The van der Waals surface area contributed by atoms with Crippen molar-refractivity contribution in [2.45, 2.75) is 65.2 Å². The lowest BCUT2D eigenvalue weighted by molar-refractivity contribution is -0.120. The summed E-state index contributed by atoms with van der Waals surface area (Å²) in [6.07, 6.45) is 9.03. The lowest BCUT2D eigenvalue weighted by atomic mass is 9.86. The summed E-state index contributed by atoms with van der Waals surface area (Å²) in [6, 6.07) is 6.18. The van der Waals surface area contributed by atoms with Crippen LogP contribution in [0.2, 0.25) is 0 Å². The minimum atomic E-state index is 0.0275. The van der Waals surface area contributed by atoms with E-state index in [4.69, 9.17) is 12.2 Å². The van der Waals surface area contributed by atoms with E-state index in [1.165, 1.54) is 37.7 Å². The Morgan fingerprint density at radius 3 is 2.70 bits per heavy atom. The molecular formula is C19H28N2OS. The van der Waals surface area contributed by atoms with E-state index in [9.17, 15) is 4.79 Å². The molecule has 1 aliphatic carbocycles. The fraction of sp³-hybridized carbons (Fsp3) is 0.579. The average molecular weight is 333 g/mol. The van der Waals surface area contributed by atoms with Gasteiger partial charge in [0.05, 0.1) is 0 Å². The summed E-state index contributed by atoms with van der Waals surface area (Å²) in [6.45, 7) is 4.17. The third kappa shape index (κ3) is 5.61. The number of nitrogens with one attached hydrogen (secondary N) is 2. The molecule has 2 rings (SSSR count). The minimum Gasteiger partial charge on any atom is -0.332 e. The summed E-state index contributed by atoms with van der Waals surface area (Å²) < 4.78 is 0. The number of para-hydroxylation sites is 1. The molecule has 0 bridgehead atoms. The Labute approximate surface area is 145 Å². The lowest BCUT2D eigenvalue weighted by Crippen LogP contribution is -2.34. The quantitative estimate of drug-likeness (QED) is 0.766. The molecule has 0 unspecified atom stereocenters. The normalized spacial score (nSPS) is 15.2. The van der Waals surface area contributed by atoms with Crippen LogP contribution >= 0.6 is 12.2 Å². The van der Waals surface area contributed by atoms with Crippen LogP contribution in [0.25, 0.3) is 0 Å². The first-order valence-electron chi connectivity index (χ1n) is 8.79. The zero-order chi connectivity index (χ0) is 16.7. The molecule has 23 heavy (non-hydrogen) atoms. The van der Waals surface area contributed by atoms with Crippen molar-refractivity contribution < 1.29 is 4.79 Å². The number of hydrogen-bond donors (Lipinski definition) is 2. The summed E-state index contributed by atoms with van der Waals surface area (Å²) in [4.78, 5) is 12.1. The molecule has 0 aromatic heterocycles. The van der Waals surface area contributed by atoms with Gasteiger partial charge in [-0.3, -0.25) is 4.79 Å². The second-order valence-electron chi connectivity index (χ2n) is 6.51. The van der Waals surface area contributed by atoms with E-state index >= 15 is 0 Å². The van der Waals surface area contributed by atoms with Gasteiger partial charge in [-0.15, -0.1) is 0 Å². The Kier molecular flexibility index (Phi) is 7.03. The van der Waals surface area contributed by atoms with Crippen molar-refractivity contribution in [3.8, 4) is 0 Å². The van der Waals surface area contributed by atoms with Crippen molar-refractivity contribution >= 4 is 28.9 Å². The fourth-order valence-corrected chi connectivity index (χ4v) is 3.56. The van der Waals surface area contributed by atoms with Crippen molar-refractivity contribution in [3.05, 3.63) is 29.3 Å². The van der Waals surface area contributed by atoms with Crippen LogP contribution in [-0.4, -0.2) is 11.0 Å². The number of aryl methyl sites for hydroxylation is 2. The van der Waals surface area contributed by atoms with Crippen molar-refractivity contribution in [1.82, 2.24) is 5.32 Å². The van der Waals surface area contributed by atoms with E-state index in [2.05, 4.69) is 36.6 Å². The molecule has 0 spiro atoms. The molecule has 0 radical (unpaired) electrons. The molecule has 1 aromatic carbocycles. The molecule has 2 N–H and O–H groups in total. The average Bonchev–Trinajstić information content (AvgIpc) is 2.55. The maximum Gasteiger partial charge on any atom is 0.226 e. The number of thiocarbonyl (C=S) groups is 1. The smallest absolute Gasteiger partial charge is 0.226 e. The predicted octanol–water partition coefficient (Wildman–Crippen LogP) is 4.73. The van der Waals surface area contributed by atoms with Gasteiger partial charge in [0.25, 0.3) is 0 Å². The van der Waals surface area contributed by atoms with Crippen LogP contribution in [0.3, 0.4) is 0 Å². The molecule has 126 valence electrons. The van der Waals surface area contributed by atoms with Crippen LogP contribution < -0.4 is 10.6 Å². The number of carbonyl (C=O) groups excluding carboxylic acids is 1. The second-order valence-corrected chi connectivity index (χ2v) is 6.92. The molecular weight excluding hydrogens is 304 g/mol. The van der Waals surface area contributed by atoms with Crippen molar-refractivity contribution in [1.29, 1.82) is 0 Å². The second kappa shape index (κ2) is 9.02. The lowest BCUT2D eigenvalue weighted by Gasteiger charge is -2.21. The molecule has 0 saturated heterocycles. The largest absolute Gasteiger partial charge is 0.332 e. The van der Waals surface area contributed by atoms with Crippen LogP contribution in [0, 0.1) is 12.8 Å². The van der Waals surface area contributed by atoms with Crippen molar-refractivity contribution in [2.75, 3.05) is 5.32 Å². The highest BCUT2D eigenvalue weighted by molar-refractivity contribution is 7.80. The van der Waals surface area contributed by atoms with Crippen LogP contribution in [0.5, 0.6) is 0 Å². The molecule has 1 aromatic rings. The van der Waals surface area contributed by atoms with E-state index in [0.29, 0.717) is 11.5 Å². The zero-order valence-electron chi connectivity index (χ0n) is 14.3. The fourth-order valence-electron chi connectivity index (χ4n) is 3.35. The Balaban J connectivity index is 1.81. The van der Waals surface area contributed by atoms with Gasteiger partial charge in [0.15, 0.2) is 5.11 Å². The van der Waals surface area contributed by atoms with Gasteiger partial charge < -0.3 is 10.6 Å². The van der Waals surface area contributed by atoms with E-state index in [1.807, 2.05) is 6.07 Å². The SMILES string of the molecule is CCc1cccc(C)c1NC(=S)NC(=O)CCC1CCCCC1. The van der Waals surface area contributed by atoms with Crippen LogP contribution in [0.4, 0.5) is 5.69 Å². The summed E-state index contributed by atoms with van der Waals surface area (Å²) >= 11 is 5.31. The van der Waals surface area contributed by atoms with E-state index in [-0.39, 0.29) is 5.91 Å².